The molecule has 1 saturated heterocycles. The molecule has 1 heterocycles. The number of amides is 2. The molecule has 2 amide bonds. The summed E-state index contributed by atoms with van der Waals surface area (Å²) in [5, 5.41) is 3.13. The minimum atomic E-state index is 0.161. The highest BCUT2D eigenvalue weighted by molar-refractivity contribution is 5.74. The van der Waals surface area contributed by atoms with Gasteiger partial charge in [0.2, 0.25) is 0 Å². The predicted octanol–water partition coefficient (Wildman–Crippen LogP) is 3.64. The Bertz CT molecular complexity index is 276. The summed E-state index contributed by atoms with van der Waals surface area (Å²) in [7, 11) is 0. The summed E-state index contributed by atoms with van der Waals surface area (Å²) in [6.45, 7) is 7.22. The number of carbonyl (C=O) groups is 1. The van der Waals surface area contributed by atoms with E-state index in [-0.39, 0.29) is 6.03 Å². The van der Waals surface area contributed by atoms with E-state index in [0.717, 1.165) is 25.6 Å². The van der Waals surface area contributed by atoms with Crippen molar-refractivity contribution in [1.82, 2.24) is 10.2 Å². The Morgan fingerprint density at radius 1 is 1.11 bits per heavy atom. The van der Waals surface area contributed by atoms with Crippen molar-refractivity contribution in [3.63, 3.8) is 0 Å². The summed E-state index contributed by atoms with van der Waals surface area (Å²) in [6.07, 6.45) is 9.35. The minimum absolute atomic E-state index is 0.161. The Morgan fingerprint density at radius 3 is 2.37 bits per heavy atom. The first-order chi connectivity index (χ1) is 9.15. The van der Waals surface area contributed by atoms with Crippen LogP contribution in [-0.4, -0.2) is 30.6 Å². The van der Waals surface area contributed by atoms with Crippen LogP contribution < -0.4 is 5.32 Å². The fourth-order valence-electron chi connectivity index (χ4n) is 3.80. The lowest BCUT2D eigenvalue weighted by molar-refractivity contribution is 0.145. The van der Waals surface area contributed by atoms with Crippen LogP contribution in [0.5, 0.6) is 0 Å². The van der Waals surface area contributed by atoms with Crippen LogP contribution in [0.2, 0.25) is 0 Å². The number of carbonyl (C=O) groups excluding carboxylic acids is 1. The number of nitrogens with zero attached hydrogens (tertiary/aromatic N) is 1. The number of hydrogen-bond acceptors (Lipinski definition) is 1. The summed E-state index contributed by atoms with van der Waals surface area (Å²) < 4.78 is 0. The molecule has 0 aromatic heterocycles. The predicted molar refractivity (Wildman–Crippen MR) is 79.1 cm³/mol. The lowest BCUT2D eigenvalue weighted by atomic mass is 9.87. The first-order valence-corrected chi connectivity index (χ1v) is 8.18. The van der Waals surface area contributed by atoms with E-state index in [2.05, 4.69) is 19.2 Å². The van der Waals surface area contributed by atoms with Gasteiger partial charge in [0.1, 0.15) is 0 Å². The van der Waals surface area contributed by atoms with Crippen LogP contribution in [0.1, 0.15) is 58.8 Å². The van der Waals surface area contributed by atoms with Crippen LogP contribution >= 0.6 is 0 Å². The van der Waals surface area contributed by atoms with Crippen molar-refractivity contribution in [3.05, 3.63) is 0 Å². The third-order valence-corrected chi connectivity index (χ3v) is 4.71. The fourth-order valence-corrected chi connectivity index (χ4v) is 3.80. The number of urea groups is 1. The molecule has 0 bridgehead atoms. The molecule has 0 aromatic carbocycles. The second-order valence-electron chi connectivity index (χ2n) is 6.88. The van der Waals surface area contributed by atoms with Crippen LogP contribution in [0, 0.1) is 17.8 Å². The van der Waals surface area contributed by atoms with Crippen LogP contribution in [0.3, 0.4) is 0 Å². The molecule has 3 nitrogen and oxygen atoms in total. The van der Waals surface area contributed by atoms with Crippen molar-refractivity contribution >= 4 is 6.03 Å². The molecule has 1 N–H and O–H groups in total. The molecular weight excluding hydrogens is 236 g/mol. The van der Waals surface area contributed by atoms with Gasteiger partial charge in [-0.25, -0.2) is 4.79 Å². The van der Waals surface area contributed by atoms with Gasteiger partial charge in [-0.15, -0.1) is 0 Å². The maximum absolute atomic E-state index is 12.1. The highest BCUT2D eigenvalue weighted by Crippen LogP contribution is 2.26. The van der Waals surface area contributed by atoms with Crippen molar-refractivity contribution in [3.8, 4) is 0 Å². The summed E-state index contributed by atoms with van der Waals surface area (Å²) in [6, 6.07) is 0.161. The van der Waals surface area contributed by atoms with Crippen LogP contribution in [-0.2, 0) is 0 Å². The second-order valence-corrected chi connectivity index (χ2v) is 6.88. The highest BCUT2D eigenvalue weighted by atomic mass is 16.2. The number of likely N-dealkylation sites (tertiary alicyclic amines) is 1. The van der Waals surface area contributed by atoms with Gasteiger partial charge in [0, 0.05) is 19.6 Å². The minimum Gasteiger partial charge on any atom is -0.338 e. The van der Waals surface area contributed by atoms with Crippen molar-refractivity contribution in [2.75, 3.05) is 19.6 Å². The summed E-state index contributed by atoms with van der Waals surface area (Å²) in [5.41, 5.74) is 0. The fraction of sp³-hybridized carbons (Fsp3) is 0.938. The Kier molecular flexibility index (Phi) is 5.53. The zero-order valence-corrected chi connectivity index (χ0v) is 12.7. The van der Waals surface area contributed by atoms with Gasteiger partial charge < -0.3 is 10.2 Å². The summed E-state index contributed by atoms with van der Waals surface area (Å²) >= 11 is 0. The van der Waals surface area contributed by atoms with E-state index >= 15 is 0 Å². The molecule has 3 heteroatoms. The standard InChI is InChI=1S/C16H30N2O/c1-13-10-14(2)12-18(11-13)16(19)17-9-8-15-6-4-3-5-7-15/h13-15H,3-12H2,1-2H3,(H,17,19). The maximum Gasteiger partial charge on any atom is 0.317 e. The van der Waals surface area contributed by atoms with Crippen molar-refractivity contribution in [1.29, 1.82) is 0 Å². The van der Waals surface area contributed by atoms with Gasteiger partial charge in [-0.3, -0.25) is 0 Å². The molecule has 19 heavy (non-hydrogen) atoms. The topological polar surface area (TPSA) is 32.3 Å². The van der Waals surface area contributed by atoms with E-state index < -0.39 is 0 Å². The molecule has 1 saturated carbocycles. The first kappa shape index (κ1) is 14.7. The Balaban J connectivity index is 1.65. The van der Waals surface area contributed by atoms with Gasteiger partial charge in [0.05, 0.1) is 0 Å². The molecule has 1 aliphatic carbocycles. The monoisotopic (exact) mass is 266 g/mol. The van der Waals surface area contributed by atoms with Crippen molar-refractivity contribution in [2.45, 2.75) is 58.8 Å². The van der Waals surface area contributed by atoms with Gasteiger partial charge in [0.25, 0.3) is 0 Å². The number of rotatable bonds is 3. The Morgan fingerprint density at radius 2 is 1.74 bits per heavy atom. The van der Waals surface area contributed by atoms with Gasteiger partial charge in [-0.05, 0) is 30.6 Å². The molecule has 2 unspecified atom stereocenters. The van der Waals surface area contributed by atoms with Gasteiger partial charge >= 0.3 is 6.03 Å². The van der Waals surface area contributed by atoms with Gasteiger partial charge in [-0.1, -0.05) is 46.0 Å². The Labute approximate surface area is 118 Å². The molecule has 110 valence electrons. The van der Waals surface area contributed by atoms with Crippen molar-refractivity contribution in [2.24, 2.45) is 17.8 Å². The van der Waals surface area contributed by atoms with E-state index in [1.165, 1.54) is 44.9 Å². The van der Waals surface area contributed by atoms with Crippen LogP contribution in [0.4, 0.5) is 4.79 Å². The van der Waals surface area contributed by atoms with E-state index in [9.17, 15) is 4.79 Å². The second kappa shape index (κ2) is 7.16. The van der Waals surface area contributed by atoms with Crippen LogP contribution in [0.25, 0.3) is 0 Å². The van der Waals surface area contributed by atoms with E-state index in [4.69, 9.17) is 0 Å². The van der Waals surface area contributed by atoms with E-state index in [0.29, 0.717) is 11.8 Å². The maximum atomic E-state index is 12.1. The molecule has 0 spiro atoms. The third-order valence-electron chi connectivity index (χ3n) is 4.71. The average molecular weight is 266 g/mol. The average Bonchev–Trinajstić information content (AvgIpc) is 2.38. The van der Waals surface area contributed by atoms with Gasteiger partial charge in [-0.2, -0.15) is 0 Å². The molecule has 2 rings (SSSR count). The third kappa shape index (κ3) is 4.70. The normalized spacial score (nSPS) is 29.3. The molecule has 2 fully saturated rings. The summed E-state index contributed by atoms with van der Waals surface area (Å²) in [4.78, 5) is 14.2. The zero-order valence-electron chi connectivity index (χ0n) is 12.7. The van der Waals surface area contributed by atoms with Crippen LogP contribution in [0.15, 0.2) is 0 Å². The number of piperidine rings is 1. The molecule has 1 aliphatic heterocycles. The smallest absolute Gasteiger partial charge is 0.317 e. The van der Waals surface area contributed by atoms with Gasteiger partial charge in [0.15, 0.2) is 0 Å². The molecular formula is C16H30N2O. The largest absolute Gasteiger partial charge is 0.338 e. The number of nitrogens with one attached hydrogen (secondary N) is 1. The lowest BCUT2D eigenvalue weighted by Gasteiger charge is -2.35. The molecule has 2 atom stereocenters. The quantitative estimate of drug-likeness (QED) is 0.831. The van der Waals surface area contributed by atoms with E-state index in [1.807, 2.05) is 4.90 Å². The summed E-state index contributed by atoms with van der Waals surface area (Å²) in [5.74, 6) is 2.15. The highest BCUT2D eigenvalue weighted by Gasteiger charge is 2.25. The number of hydrogen-bond donors (Lipinski definition) is 1. The zero-order chi connectivity index (χ0) is 13.7. The SMILES string of the molecule is CC1CC(C)CN(C(=O)NCCC2CCCCC2)C1. The Hall–Kier alpha value is -0.730. The molecule has 2 aliphatic rings. The molecule has 0 aromatic rings. The molecule has 0 radical (unpaired) electrons. The van der Waals surface area contributed by atoms with Crippen molar-refractivity contribution < 1.29 is 4.79 Å². The lowest BCUT2D eigenvalue weighted by Crippen LogP contribution is -2.47. The van der Waals surface area contributed by atoms with E-state index in [1.54, 1.807) is 0 Å². The first-order valence-electron chi connectivity index (χ1n) is 8.18.